The molecule has 1 aromatic rings. The average Bonchev–Trinajstić information content (AvgIpc) is 2.83. The molecule has 23 heavy (non-hydrogen) atoms. The van der Waals surface area contributed by atoms with Gasteiger partial charge >= 0.3 is 12.1 Å². The van der Waals surface area contributed by atoms with Crippen LogP contribution in [-0.2, 0) is 16.0 Å². The van der Waals surface area contributed by atoms with E-state index in [4.69, 9.17) is 4.74 Å². The van der Waals surface area contributed by atoms with E-state index in [2.05, 4.69) is 0 Å². The zero-order chi connectivity index (χ0) is 17.2. The van der Waals surface area contributed by atoms with Crippen LogP contribution in [0.4, 0.5) is 9.18 Å². The van der Waals surface area contributed by atoms with Gasteiger partial charge in [-0.1, -0.05) is 18.2 Å². The van der Waals surface area contributed by atoms with Crippen molar-refractivity contribution in [3.8, 4) is 0 Å². The predicted molar refractivity (Wildman–Crippen MR) is 82.6 cm³/mol. The first-order valence-corrected chi connectivity index (χ1v) is 7.65. The number of hydrogen-bond donors (Lipinski definition) is 1. The number of amides is 1. The summed E-state index contributed by atoms with van der Waals surface area (Å²) in [6.45, 7) is 5.49. The van der Waals surface area contributed by atoms with Crippen LogP contribution in [0.25, 0.3) is 0 Å². The van der Waals surface area contributed by atoms with Crippen molar-refractivity contribution in [2.45, 2.75) is 45.3 Å². The van der Waals surface area contributed by atoms with Crippen molar-refractivity contribution < 1.29 is 23.8 Å². The lowest BCUT2D eigenvalue weighted by Crippen LogP contribution is -2.45. The molecule has 2 atom stereocenters. The molecule has 0 aromatic heterocycles. The zero-order valence-electron chi connectivity index (χ0n) is 13.6. The summed E-state index contributed by atoms with van der Waals surface area (Å²) in [5.74, 6) is -1.78. The van der Waals surface area contributed by atoms with Gasteiger partial charge in [0.15, 0.2) is 0 Å². The van der Waals surface area contributed by atoms with Gasteiger partial charge in [-0.2, -0.15) is 0 Å². The van der Waals surface area contributed by atoms with Crippen LogP contribution >= 0.6 is 0 Å². The SMILES string of the molecule is CC(C)(C)OC(=O)N1CC[C@@H](Cc2ccccc2F)[C@H]1C(=O)O. The number of hydrogen-bond acceptors (Lipinski definition) is 3. The van der Waals surface area contributed by atoms with Crippen molar-refractivity contribution in [2.75, 3.05) is 6.54 Å². The van der Waals surface area contributed by atoms with Crippen molar-refractivity contribution in [3.05, 3.63) is 35.6 Å². The largest absolute Gasteiger partial charge is 0.480 e. The van der Waals surface area contributed by atoms with E-state index in [0.717, 1.165) is 0 Å². The second-order valence-electron chi connectivity index (χ2n) is 6.80. The molecule has 0 aliphatic carbocycles. The van der Waals surface area contributed by atoms with Crippen LogP contribution in [0.5, 0.6) is 0 Å². The summed E-state index contributed by atoms with van der Waals surface area (Å²) in [5.41, 5.74) is -0.223. The molecule has 0 spiro atoms. The highest BCUT2D eigenvalue weighted by Crippen LogP contribution is 2.30. The van der Waals surface area contributed by atoms with E-state index >= 15 is 0 Å². The van der Waals surface area contributed by atoms with E-state index in [1.54, 1.807) is 39.0 Å². The lowest BCUT2D eigenvalue weighted by atomic mass is 9.92. The maximum atomic E-state index is 13.8. The van der Waals surface area contributed by atoms with Gasteiger partial charge in [-0.3, -0.25) is 4.90 Å². The molecule has 1 saturated heterocycles. The number of aliphatic carboxylic acids is 1. The molecule has 0 saturated carbocycles. The second kappa shape index (κ2) is 6.56. The minimum atomic E-state index is -1.09. The number of carbonyl (C=O) groups is 2. The Morgan fingerprint density at radius 1 is 1.35 bits per heavy atom. The first kappa shape index (κ1) is 17.2. The topological polar surface area (TPSA) is 66.8 Å². The molecule has 0 unspecified atom stereocenters. The predicted octanol–water partition coefficient (Wildman–Crippen LogP) is 3.08. The summed E-state index contributed by atoms with van der Waals surface area (Å²) in [4.78, 5) is 25.1. The fourth-order valence-electron chi connectivity index (χ4n) is 2.88. The Bertz CT molecular complexity index is 597. The second-order valence-corrected chi connectivity index (χ2v) is 6.80. The summed E-state index contributed by atoms with van der Waals surface area (Å²) >= 11 is 0. The molecular weight excluding hydrogens is 301 g/mol. The molecule has 1 fully saturated rings. The highest BCUT2D eigenvalue weighted by atomic mass is 19.1. The number of rotatable bonds is 3. The summed E-state index contributed by atoms with van der Waals surface area (Å²) in [6.07, 6.45) is 0.147. The number of carboxylic acids is 1. The van der Waals surface area contributed by atoms with E-state index in [0.29, 0.717) is 18.5 Å². The minimum Gasteiger partial charge on any atom is -0.480 e. The Morgan fingerprint density at radius 3 is 2.57 bits per heavy atom. The number of carbonyl (C=O) groups excluding carboxylic acids is 1. The van der Waals surface area contributed by atoms with Gasteiger partial charge in [-0.05, 0) is 51.2 Å². The van der Waals surface area contributed by atoms with E-state index in [9.17, 15) is 19.1 Å². The van der Waals surface area contributed by atoms with Crippen LogP contribution in [0.3, 0.4) is 0 Å². The third-order valence-corrected chi connectivity index (χ3v) is 3.84. The molecule has 5 nitrogen and oxygen atoms in total. The molecule has 1 N–H and O–H groups in total. The van der Waals surface area contributed by atoms with Crippen LogP contribution in [0.1, 0.15) is 32.8 Å². The maximum absolute atomic E-state index is 13.8. The van der Waals surface area contributed by atoms with Gasteiger partial charge in [0.25, 0.3) is 0 Å². The molecule has 1 heterocycles. The number of likely N-dealkylation sites (tertiary alicyclic amines) is 1. The smallest absolute Gasteiger partial charge is 0.411 e. The average molecular weight is 323 g/mol. The van der Waals surface area contributed by atoms with Gasteiger partial charge in [-0.25, -0.2) is 14.0 Å². The van der Waals surface area contributed by atoms with Crippen molar-refractivity contribution in [2.24, 2.45) is 5.92 Å². The first-order chi connectivity index (χ1) is 10.7. The Hall–Kier alpha value is -2.11. The molecule has 1 aliphatic rings. The minimum absolute atomic E-state index is 0.281. The van der Waals surface area contributed by atoms with Crippen LogP contribution < -0.4 is 0 Å². The fraction of sp³-hybridized carbons (Fsp3) is 0.529. The standard InChI is InChI=1S/C17H22FNO4/c1-17(2,3)23-16(22)19-9-8-12(14(19)15(20)21)10-11-6-4-5-7-13(11)18/h4-7,12,14H,8-10H2,1-3H3,(H,20,21)/t12-,14-/m0/s1. The Balaban J connectivity index is 2.15. The van der Waals surface area contributed by atoms with E-state index < -0.39 is 23.7 Å². The van der Waals surface area contributed by atoms with Crippen LogP contribution in [0, 0.1) is 11.7 Å². The zero-order valence-corrected chi connectivity index (χ0v) is 13.6. The molecule has 1 aliphatic heterocycles. The van der Waals surface area contributed by atoms with Gasteiger partial charge in [0.05, 0.1) is 0 Å². The quantitative estimate of drug-likeness (QED) is 0.928. The van der Waals surface area contributed by atoms with Gasteiger partial charge in [0.2, 0.25) is 0 Å². The Morgan fingerprint density at radius 2 is 2.00 bits per heavy atom. The van der Waals surface area contributed by atoms with E-state index in [-0.39, 0.29) is 18.2 Å². The van der Waals surface area contributed by atoms with Crippen molar-refractivity contribution in [1.29, 1.82) is 0 Å². The molecule has 0 bridgehead atoms. The van der Waals surface area contributed by atoms with Gasteiger partial charge in [-0.15, -0.1) is 0 Å². The number of benzene rings is 1. The fourth-order valence-corrected chi connectivity index (χ4v) is 2.88. The van der Waals surface area contributed by atoms with Crippen LogP contribution in [-0.4, -0.2) is 40.3 Å². The highest BCUT2D eigenvalue weighted by Gasteiger charge is 2.43. The van der Waals surface area contributed by atoms with Crippen molar-refractivity contribution in [1.82, 2.24) is 4.90 Å². The summed E-state index contributed by atoms with van der Waals surface area (Å²) in [7, 11) is 0. The van der Waals surface area contributed by atoms with Crippen LogP contribution in [0.15, 0.2) is 24.3 Å². The third-order valence-electron chi connectivity index (χ3n) is 3.84. The Kier molecular flexibility index (Phi) is 4.92. The highest BCUT2D eigenvalue weighted by molar-refractivity contribution is 5.81. The third kappa shape index (κ3) is 4.21. The van der Waals surface area contributed by atoms with E-state index in [1.165, 1.54) is 11.0 Å². The molecule has 1 aromatic carbocycles. The molecule has 0 radical (unpaired) electrons. The molecular formula is C17H22FNO4. The summed E-state index contributed by atoms with van der Waals surface area (Å²) in [6, 6.07) is 5.31. The van der Waals surface area contributed by atoms with Gasteiger partial charge < -0.3 is 9.84 Å². The normalized spacial score (nSPS) is 21.3. The maximum Gasteiger partial charge on any atom is 0.411 e. The molecule has 126 valence electrons. The molecule has 6 heteroatoms. The van der Waals surface area contributed by atoms with Crippen LogP contribution in [0.2, 0.25) is 0 Å². The summed E-state index contributed by atoms with van der Waals surface area (Å²) in [5, 5.41) is 9.51. The lowest BCUT2D eigenvalue weighted by Gasteiger charge is -2.28. The molecule has 2 rings (SSSR count). The lowest BCUT2D eigenvalue weighted by molar-refractivity contribution is -0.143. The first-order valence-electron chi connectivity index (χ1n) is 7.65. The number of halogens is 1. The number of ether oxygens (including phenoxy) is 1. The number of nitrogens with zero attached hydrogens (tertiary/aromatic N) is 1. The van der Waals surface area contributed by atoms with Gasteiger partial charge in [0.1, 0.15) is 17.5 Å². The number of carboxylic acid groups (broad SMARTS) is 1. The van der Waals surface area contributed by atoms with Crippen molar-refractivity contribution >= 4 is 12.1 Å². The van der Waals surface area contributed by atoms with Gasteiger partial charge in [0, 0.05) is 6.54 Å². The monoisotopic (exact) mass is 323 g/mol. The summed E-state index contributed by atoms with van der Waals surface area (Å²) < 4.78 is 19.1. The van der Waals surface area contributed by atoms with E-state index in [1.807, 2.05) is 0 Å². The van der Waals surface area contributed by atoms with Crippen molar-refractivity contribution in [3.63, 3.8) is 0 Å². The Labute approximate surface area is 135 Å². The molecule has 1 amide bonds.